The van der Waals surface area contributed by atoms with E-state index >= 15 is 0 Å². The summed E-state index contributed by atoms with van der Waals surface area (Å²) in [5.41, 5.74) is 6.08. The van der Waals surface area contributed by atoms with E-state index in [1.165, 1.54) is 11.8 Å². The monoisotopic (exact) mass is 569 g/mol. The SMILES string of the molecule is Cc1ccccc1C(=O)Nc1cccc(SC(C(=O)Nc2ccc(-c3nc4ccccc4o3)cc2)c2ccccc2)c1. The lowest BCUT2D eigenvalue weighted by molar-refractivity contribution is -0.115. The van der Waals surface area contributed by atoms with Gasteiger partial charge in [-0.3, -0.25) is 9.59 Å². The quantitative estimate of drug-likeness (QED) is 0.180. The molecule has 6 rings (SSSR count). The zero-order valence-corrected chi connectivity index (χ0v) is 23.6. The van der Waals surface area contributed by atoms with Gasteiger partial charge in [0.1, 0.15) is 10.8 Å². The minimum atomic E-state index is -0.523. The van der Waals surface area contributed by atoms with Crippen LogP contribution in [0.15, 0.2) is 137 Å². The van der Waals surface area contributed by atoms with E-state index in [0.717, 1.165) is 32.7 Å². The maximum atomic E-state index is 13.6. The Morgan fingerprint density at radius 2 is 1.48 bits per heavy atom. The summed E-state index contributed by atoms with van der Waals surface area (Å²) in [5.74, 6) is 0.199. The molecule has 206 valence electrons. The number of para-hydroxylation sites is 2. The number of nitrogens with one attached hydrogen (secondary N) is 2. The summed E-state index contributed by atoms with van der Waals surface area (Å²) in [4.78, 5) is 31.9. The van der Waals surface area contributed by atoms with Crippen molar-refractivity contribution in [3.05, 3.63) is 144 Å². The number of thioether (sulfide) groups is 1. The van der Waals surface area contributed by atoms with Crippen molar-refractivity contribution >= 4 is 46.1 Å². The molecule has 5 aromatic carbocycles. The largest absolute Gasteiger partial charge is 0.436 e. The number of aromatic nitrogens is 1. The molecule has 0 fully saturated rings. The third-order valence-electron chi connectivity index (χ3n) is 6.77. The number of amides is 2. The van der Waals surface area contributed by atoms with Gasteiger partial charge in [-0.2, -0.15) is 0 Å². The van der Waals surface area contributed by atoms with Crippen LogP contribution in [0.1, 0.15) is 26.7 Å². The van der Waals surface area contributed by atoms with Gasteiger partial charge in [0.15, 0.2) is 5.58 Å². The molecule has 0 spiro atoms. The highest BCUT2D eigenvalue weighted by Crippen LogP contribution is 2.37. The lowest BCUT2D eigenvalue weighted by atomic mass is 10.1. The van der Waals surface area contributed by atoms with E-state index in [2.05, 4.69) is 15.6 Å². The number of carbonyl (C=O) groups is 2. The maximum absolute atomic E-state index is 13.6. The molecule has 6 aromatic rings. The first-order valence-corrected chi connectivity index (χ1v) is 14.4. The number of carbonyl (C=O) groups excluding carboxylic acids is 2. The van der Waals surface area contributed by atoms with E-state index in [9.17, 15) is 9.59 Å². The average Bonchev–Trinajstić information content (AvgIpc) is 3.45. The van der Waals surface area contributed by atoms with Crippen LogP contribution >= 0.6 is 11.8 Å². The second-order valence-electron chi connectivity index (χ2n) is 9.76. The summed E-state index contributed by atoms with van der Waals surface area (Å²) in [6.45, 7) is 1.91. The number of oxazole rings is 1. The highest BCUT2D eigenvalue weighted by atomic mass is 32.2. The average molecular weight is 570 g/mol. The molecule has 0 saturated carbocycles. The van der Waals surface area contributed by atoms with Crippen LogP contribution in [0.25, 0.3) is 22.6 Å². The Bertz CT molecular complexity index is 1830. The Morgan fingerprint density at radius 1 is 0.738 bits per heavy atom. The standard InChI is InChI=1S/C35H27N3O3S/c1-23-10-5-6-15-29(23)33(39)37-27-13-9-14-28(22-27)42-32(24-11-3-2-4-12-24)34(40)36-26-20-18-25(19-21-26)35-38-30-16-7-8-17-31(30)41-35/h2-22,32H,1H3,(H,36,40)(H,37,39). The van der Waals surface area contributed by atoms with Crippen molar-refractivity contribution in [3.63, 3.8) is 0 Å². The predicted octanol–water partition coefficient (Wildman–Crippen LogP) is 8.53. The first kappa shape index (κ1) is 27.1. The van der Waals surface area contributed by atoms with Gasteiger partial charge in [0.2, 0.25) is 11.8 Å². The Morgan fingerprint density at radius 3 is 2.26 bits per heavy atom. The molecule has 2 amide bonds. The third kappa shape index (κ3) is 6.11. The smallest absolute Gasteiger partial charge is 0.255 e. The summed E-state index contributed by atoms with van der Waals surface area (Å²) in [5, 5.41) is 5.52. The van der Waals surface area contributed by atoms with Crippen molar-refractivity contribution in [2.75, 3.05) is 10.6 Å². The van der Waals surface area contributed by atoms with E-state index in [1.807, 2.05) is 128 Å². The first-order valence-electron chi connectivity index (χ1n) is 13.5. The van der Waals surface area contributed by atoms with Gasteiger partial charge in [-0.05, 0) is 78.7 Å². The fourth-order valence-electron chi connectivity index (χ4n) is 4.61. The lowest BCUT2D eigenvalue weighted by Crippen LogP contribution is -2.19. The molecular weight excluding hydrogens is 542 g/mol. The van der Waals surface area contributed by atoms with Crippen LogP contribution in [0.4, 0.5) is 11.4 Å². The van der Waals surface area contributed by atoms with E-state index in [4.69, 9.17) is 4.42 Å². The number of nitrogens with zero attached hydrogens (tertiary/aromatic N) is 1. The fourth-order valence-corrected chi connectivity index (χ4v) is 5.69. The Balaban J connectivity index is 1.19. The third-order valence-corrected chi connectivity index (χ3v) is 8.02. The summed E-state index contributed by atoms with van der Waals surface area (Å²) in [6, 6.07) is 39.7. The molecule has 1 atom stereocenters. The van der Waals surface area contributed by atoms with Crippen molar-refractivity contribution in [1.29, 1.82) is 0 Å². The number of benzene rings is 5. The zero-order chi connectivity index (χ0) is 28.9. The molecule has 0 aliphatic carbocycles. The Hall–Kier alpha value is -5.14. The van der Waals surface area contributed by atoms with Crippen molar-refractivity contribution in [3.8, 4) is 11.5 Å². The molecule has 1 aromatic heterocycles. The molecule has 0 aliphatic heterocycles. The molecule has 2 N–H and O–H groups in total. The van der Waals surface area contributed by atoms with Crippen LogP contribution in [-0.4, -0.2) is 16.8 Å². The van der Waals surface area contributed by atoms with Gasteiger partial charge in [-0.25, -0.2) is 4.98 Å². The molecule has 7 heteroatoms. The normalized spacial score (nSPS) is 11.6. The highest BCUT2D eigenvalue weighted by molar-refractivity contribution is 8.00. The molecule has 0 aliphatic rings. The minimum Gasteiger partial charge on any atom is -0.436 e. The summed E-state index contributed by atoms with van der Waals surface area (Å²) < 4.78 is 5.87. The molecule has 1 unspecified atom stereocenters. The number of hydrogen-bond donors (Lipinski definition) is 2. The van der Waals surface area contributed by atoms with Gasteiger partial charge in [-0.15, -0.1) is 11.8 Å². The van der Waals surface area contributed by atoms with Crippen molar-refractivity contribution in [1.82, 2.24) is 4.98 Å². The Labute approximate surface area is 247 Å². The maximum Gasteiger partial charge on any atom is 0.255 e. The summed E-state index contributed by atoms with van der Waals surface area (Å²) in [6.07, 6.45) is 0. The number of anilines is 2. The van der Waals surface area contributed by atoms with Crippen LogP contribution in [0.3, 0.4) is 0 Å². The number of rotatable bonds is 8. The lowest BCUT2D eigenvalue weighted by Gasteiger charge is -2.18. The van der Waals surface area contributed by atoms with E-state index in [-0.39, 0.29) is 11.8 Å². The summed E-state index contributed by atoms with van der Waals surface area (Å²) >= 11 is 1.42. The fraction of sp³-hybridized carbons (Fsp3) is 0.0571. The van der Waals surface area contributed by atoms with Crippen molar-refractivity contribution in [2.45, 2.75) is 17.1 Å². The Kier molecular flexibility index (Phi) is 7.83. The second-order valence-corrected chi connectivity index (χ2v) is 10.9. The topological polar surface area (TPSA) is 84.2 Å². The molecule has 6 nitrogen and oxygen atoms in total. The van der Waals surface area contributed by atoms with Crippen LogP contribution in [0.2, 0.25) is 0 Å². The van der Waals surface area contributed by atoms with Crippen molar-refractivity contribution < 1.29 is 14.0 Å². The van der Waals surface area contributed by atoms with E-state index in [0.29, 0.717) is 22.8 Å². The zero-order valence-electron chi connectivity index (χ0n) is 22.8. The predicted molar refractivity (Wildman–Crippen MR) is 169 cm³/mol. The highest BCUT2D eigenvalue weighted by Gasteiger charge is 2.23. The van der Waals surface area contributed by atoms with Gasteiger partial charge in [0, 0.05) is 27.4 Å². The molecule has 0 bridgehead atoms. The van der Waals surface area contributed by atoms with Crippen LogP contribution < -0.4 is 10.6 Å². The second kappa shape index (κ2) is 12.2. The molecule has 42 heavy (non-hydrogen) atoms. The van der Waals surface area contributed by atoms with E-state index < -0.39 is 5.25 Å². The minimum absolute atomic E-state index is 0.157. The molecule has 0 saturated heterocycles. The van der Waals surface area contributed by atoms with Gasteiger partial charge < -0.3 is 15.1 Å². The number of hydrogen-bond acceptors (Lipinski definition) is 5. The summed E-state index contributed by atoms with van der Waals surface area (Å²) in [7, 11) is 0. The number of aryl methyl sites for hydroxylation is 1. The number of fused-ring (bicyclic) bond motifs is 1. The van der Waals surface area contributed by atoms with E-state index in [1.54, 1.807) is 6.07 Å². The van der Waals surface area contributed by atoms with Crippen LogP contribution in [0.5, 0.6) is 0 Å². The molecular formula is C35H27N3O3S. The van der Waals surface area contributed by atoms with Gasteiger partial charge in [-0.1, -0.05) is 66.7 Å². The van der Waals surface area contributed by atoms with Crippen LogP contribution in [0, 0.1) is 6.92 Å². The van der Waals surface area contributed by atoms with Crippen LogP contribution in [-0.2, 0) is 4.79 Å². The van der Waals surface area contributed by atoms with Gasteiger partial charge in [0.05, 0.1) is 0 Å². The molecule has 1 heterocycles. The van der Waals surface area contributed by atoms with Gasteiger partial charge in [0.25, 0.3) is 5.91 Å². The first-order chi connectivity index (χ1) is 20.5. The van der Waals surface area contributed by atoms with Gasteiger partial charge >= 0.3 is 0 Å². The van der Waals surface area contributed by atoms with Crippen molar-refractivity contribution in [2.24, 2.45) is 0 Å². The molecule has 0 radical (unpaired) electrons.